The molecule has 1 saturated heterocycles. The van der Waals surface area contributed by atoms with Gasteiger partial charge in [-0.15, -0.1) is 0 Å². The van der Waals surface area contributed by atoms with Crippen molar-refractivity contribution in [3.63, 3.8) is 0 Å². The number of halogens is 1. The molecule has 0 bridgehead atoms. The Balaban J connectivity index is 1.77. The molecule has 2 aromatic carbocycles. The van der Waals surface area contributed by atoms with Gasteiger partial charge in [0.1, 0.15) is 11.9 Å². The molecule has 0 aliphatic carbocycles. The zero-order valence-electron chi connectivity index (χ0n) is 13.5. The number of rotatable bonds is 4. The van der Waals surface area contributed by atoms with Crippen molar-refractivity contribution < 1.29 is 17.5 Å². The lowest BCUT2D eigenvalue weighted by Gasteiger charge is -2.34. The molecule has 4 nitrogen and oxygen atoms in total. The summed E-state index contributed by atoms with van der Waals surface area (Å²) < 4.78 is 42.9. The van der Waals surface area contributed by atoms with Crippen molar-refractivity contribution in [3.05, 3.63) is 59.9 Å². The van der Waals surface area contributed by atoms with Crippen molar-refractivity contribution in [2.75, 3.05) is 30.3 Å². The van der Waals surface area contributed by atoms with E-state index >= 15 is 0 Å². The zero-order valence-corrected chi connectivity index (χ0v) is 14.3. The number of morpholine rings is 1. The van der Waals surface area contributed by atoms with Gasteiger partial charge in [-0.3, -0.25) is 0 Å². The van der Waals surface area contributed by atoms with Crippen LogP contribution in [0.25, 0.3) is 0 Å². The maximum atomic E-state index is 13.4. The van der Waals surface area contributed by atoms with Crippen LogP contribution in [0.1, 0.15) is 18.6 Å². The fourth-order valence-corrected chi connectivity index (χ4v) is 3.71. The average Bonchev–Trinajstić information content (AvgIpc) is 2.62. The standard InChI is InChI=1S/C18H20FNO3S/c1-2-24(21,22)17-8-6-16(7-9-17)20-10-11-23-18(13-20)14-4-3-5-15(19)12-14/h3-9,12,18H,2,10-11,13H2,1H3. The third kappa shape index (κ3) is 3.60. The van der Waals surface area contributed by atoms with Crippen molar-refractivity contribution in [1.82, 2.24) is 0 Å². The highest BCUT2D eigenvalue weighted by Gasteiger charge is 2.23. The van der Waals surface area contributed by atoms with E-state index in [1.54, 1.807) is 25.1 Å². The summed E-state index contributed by atoms with van der Waals surface area (Å²) in [6.45, 7) is 3.49. The second-order valence-corrected chi connectivity index (χ2v) is 8.04. The van der Waals surface area contributed by atoms with Gasteiger partial charge in [-0.1, -0.05) is 19.1 Å². The first-order valence-corrected chi connectivity index (χ1v) is 9.59. The Labute approximate surface area is 141 Å². The smallest absolute Gasteiger partial charge is 0.178 e. The van der Waals surface area contributed by atoms with Crippen LogP contribution in [0.4, 0.5) is 10.1 Å². The van der Waals surface area contributed by atoms with Crippen LogP contribution < -0.4 is 4.90 Å². The van der Waals surface area contributed by atoms with Gasteiger partial charge < -0.3 is 9.64 Å². The lowest BCUT2D eigenvalue weighted by atomic mass is 10.1. The highest BCUT2D eigenvalue weighted by atomic mass is 32.2. The second-order valence-electron chi connectivity index (χ2n) is 5.76. The molecule has 0 aromatic heterocycles. The number of hydrogen-bond acceptors (Lipinski definition) is 4. The molecule has 1 aliphatic heterocycles. The van der Waals surface area contributed by atoms with Crippen LogP contribution in [0.15, 0.2) is 53.4 Å². The largest absolute Gasteiger partial charge is 0.370 e. The Hall–Kier alpha value is -1.92. The zero-order chi connectivity index (χ0) is 17.2. The number of benzene rings is 2. The monoisotopic (exact) mass is 349 g/mol. The summed E-state index contributed by atoms with van der Waals surface area (Å²) in [4.78, 5) is 2.46. The molecule has 0 N–H and O–H groups in total. The maximum Gasteiger partial charge on any atom is 0.178 e. The van der Waals surface area contributed by atoms with E-state index < -0.39 is 9.84 Å². The Morgan fingerprint density at radius 2 is 1.96 bits per heavy atom. The molecule has 1 atom stereocenters. The number of nitrogens with zero attached hydrogens (tertiary/aromatic N) is 1. The van der Waals surface area contributed by atoms with E-state index in [2.05, 4.69) is 4.90 Å². The van der Waals surface area contributed by atoms with Crippen molar-refractivity contribution in [2.24, 2.45) is 0 Å². The van der Waals surface area contributed by atoms with E-state index in [1.807, 2.05) is 18.2 Å². The van der Waals surface area contributed by atoms with Gasteiger partial charge in [0.15, 0.2) is 9.84 Å². The number of hydrogen-bond donors (Lipinski definition) is 0. The van der Waals surface area contributed by atoms with E-state index in [-0.39, 0.29) is 17.7 Å². The van der Waals surface area contributed by atoms with Gasteiger partial charge in [0.05, 0.1) is 17.3 Å². The Bertz CT molecular complexity index is 805. The molecule has 6 heteroatoms. The normalized spacial score (nSPS) is 18.6. The molecule has 0 radical (unpaired) electrons. The molecule has 1 fully saturated rings. The molecule has 0 amide bonds. The quantitative estimate of drug-likeness (QED) is 0.850. The van der Waals surface area contributed by atoms with Gasteiger partial charge >= 0.3 is 0 Å². The summed E-state index contributed by atoms with van der Waals surface area (Å²) in [6.07, 6.45) is -0.200. The van der Waals surface area contributed by atoms with Gasteiger partial charge in [0, 0.05) is 18.8 Å². The minimum atomic E-state index is -3.19. The first-order valence-electron chi connectivity index (χ1n) is 7.94. The SMILES string of the molecule is CCS(=O)(=O)c1ccc(N2CCOC(c3cccc(F)c3)C2)cc1. The van der Waals surface area contributed by atoms with Gasteiger partial charge in [-0.2, -0.15) is 0 Å². The molecule has 0 saturated carbocycles. The molecule has 3 rings (SSSR count). The van der Waals surface area contributed by atoms with E-state index in [0.29, 0.717) is 24.6 Å². The van der Waals surface area contributed by atoms with E-state index in [0.717, 1.165) is 11.3 Å². The maximum absolute atomic E-state index is 13.4. The van der Waals surface area contributed by atoms with Crippen LogP contribution in [0.5, 0.6) is 0 Å². The lowest BCUT2D eigenvalue weighted by molar-refractivity contribution is 0.0396. The van der Waals surface area contributed by atoms with Gasteiger partial charge in [-0.25, -0.2) is 12.8 Å². The number of anilines is 1. The summed E-state index contributed by atoms with van der Waals surface area (Å²) in [6, 6.07) is 13.3. The van der Waals surface area contributed by atoms with Crippen molar-refractivity contribution in [3.8, 4) is 0 Å². The molecule has 2 aromatic rings. The Kier molecular flexibility index (Phi) is 4.87. The summed E-state index contributed by atoms with van der Waals surface area (Å²) >= 11 is 0. The average molecular weight is 349 g/mol. The van der Waals surface area contributed by atoms with E-state index in [4.69, 9.17) is 4.74 Å². The topological polar surface area (TPSA) is 46.6 Å². The third-order valence-electron chi connectivity index (χ3n) is 4.23. The van der Waals surface area contributed by atoms with Crippen molar-refractivity contribution in [2.45, 2.75) is 17.9 Å². The fourth-order valence-electron chi connectivity index (χ4n) is 2.82. The highest BCUT2D eigenvalue weighted by Crippen LogP contribution is 2.27. The first kappa shape index (κ1) is 16.9. The molecular weight excluding hydrogens is 329 g/mol. The minimum Gasteiger partial charge on any atom is -0.370 e. The van der Waals surface area contributed by atoms with Crippen LogP contribution in [0.3, 0.4) is 0 Å². The fraction of sp³-hybridized carbons (Fsp3) is 0.333. The predicted octanol–water partition coefficient (Wildman–Crippen LogP) is 3.20. The summed E-state index contributed by atoms with van der Waals surface area (Å²) in [5.41, 5.74) is 1.75. The molecular formula is C18H20FNO3S. The Morgan fingerprint density at radius 3 is 2.62 bits per heavy atom. The van der Waals surface area contributed by atoms with Crippen molar-refractivity contribution in [1.29, 1.82) is 0 Å². The molecule has 0 spiro atoms. The summed E-state index contributed by atoms with van der Waals surface area (Å²) in [7, 11) is -3.19. The van der Waals surface area contributed by atoms with Crippen LogP contribution in [0, 0.1) is 5.82 Å². The first-order chi connectivity index (χ1) is 11.5. The molecule has 128 valence electrons. The highest BCUT2D eigenvalue weighted by molar-refractivity contribution is 7.91. The summed E-state index contributed by atoms with van der Waals surface area (Å²) in [5.74, 6) is -0.187. The van der Waals surface area contributed by atoms with Crippen LogP contribution in [-0.4, -0.2) is 33.9 Å². The lowest BCUT2D eigenvalue weighted by Crippen LogP contribution is -2.38. The minimum absolute atomic E-state index is 0.0888. The van der Waals surface area contributed by atoms with Crippen LogP contribution >= 0.6 is 0 Å². The van der Waals surface area contributed by atoms with E-state index in [1.165, 1.54) is 12.1 Å². The summed E-state index contributed by atoms with van der Waals surface area (Å²) in [5, 5.41) is 0. The van der Waals surface area contributed by atoms with Crippen molar-refractivity contribution >= 4 is 15.5 Å². The van der Waals surface area contributed by atoms with E-state index in [9.17, 15) is 12.8 Å². The van der Waals surface area contributed by atoms with Gasteiger partial charge in [-0.05, 0) is 42.0 Å². The predicted molar refractivity (Wildman–Crippen MR) is 91.5 cm³/mol. The third-order valence-corrected chi connectivity index (χ3v) is 5.98. The molecule has 1 unspecified atom stereocenters. The molecule has 24 heavy (non-hydrogen) atoms. The number of ether oxygens (including phenoxy) is 1. The molecule has 1 heterocycles. The molecule has 1 aliphatic rings. The van der Waals surface area contributed by atoms with Gasteiger partial charge in [0.25, 0.3) is 0 Å². The van der Waals surface area contributed by atoms with Gasteiger partial charge in [0.2, 0.25) is 0 Å². The van der Waals surface area contributed by atoms with Crippen LogP contribution in [0.2, 0.25) is 0 Å². The van der Waals surface area contributed by atoms with Crippen LogP contribution in [-0.2, 0) is 14.6 Å². The Morgan fingerprint density at radius 1 is 1.21 bits per heavy atom. The number of sulfone groups is 1. The second kappa shape index (κ2) is 6.91.